The lowest BCUT2D eigenvalue weighted by molar-refractivity contribution is -0.136. The summed E-state index contributed by atoms with van der Waals surface area (Å²) >= 11 is 0. The Bertz CT molecular complexity index is 846. The van der Waals surface area contributed by atoms with E-state index in [1.807, 2.05) is 13.0 Å². The lowest BCUT2D eigenvalue weighted by Crippen LogP contribution is -2.44. The highest BCUT2D eigenvalue weighted by Crippen LogP contribution is 2.23. The van der Waals surface area contributed by atoms with Crippen LogP contribution in [0, 0.1) is 0 Å². The molecule has 2 amide bonds. The number of amides is 2. The summed E-state index contributed by atoms with van der Waals surface area (Å²) in [6.45, 7) is 6.96. The van der Waals surface area contributed by atoms with Crippen LogP contribution in [0.5, 0.6) is 5.75 Å². The molecule has 2 N–H and O–H groups in total. The molecule has 0 unspecified atom stereocenters. The van der Waals surface area contributed by atoms with Crippen LogP contribution >= 0.6 is 0 Å². The van der Waals surface area contributed by atoms with E-state index in [0.717, 1.165) is 31.7 Å². The van der Waals surface area contributed by atoms with Crippen LogP contribution in [0.4, 0.5) is 11.4 Å². The van der Waals surface area contributed by atoms with Crippen LogP contribution in [0.1, 0.15) is 12.5 Å². The third-order valence-electron chi connectivity index (χ3n) is 5.15. The van der Waals surface area contributed by atoms with Gasteiger partial charge in [-0.2, -0.15) is 0 Å². The smallest absolute Gasteiger partial charge is 0.313 e. The number of para-hydroxylation sites is 2. The zero-order valence-electron chi connectivity index (χ0n) is 17.7. The highest BCUT2D eigenvalue weighted by atomic mass is 16.5. The zero-order chi connectivity index (χ0) is 21.3. The Kier molecular flexibility index (Phi) is 7.68. The van der Waals surface area contributed by atoms with E-state index in [9.17, 15) is 9.59 Å². The number of nitrogens with zero attached hydrogens (tertiary/aromatic N) is 2. The van der Waals surface area contributed by atoms with Crippen LogP contribution in [0.15, 0.2) is 48.5 Å². The van der Waals surface area contributed by atoms with Crippen molar-refractivity contribution in [2.45, 2.75) is 13.3 Å². The second kappa shape index (κ2) is 10.6. The molecule has 0 saturated carbocycles. The number of anilines is 2. The van der Waals surface area contributed by atoms with Gasteiger partial charge in [-0.25, -0.2) is 0 Å². The van der Waals surface area contributed by atoms with Gasteiger partial charge in [0, 0.05) is 38.4 Å². The molecule has 0 aliphatic carbocycles. The minimum atomic E-state index is -0.701. The Morgan fingerprint density at radius 3 is 2.37 bits per heavy atom. The molecule has 1 fully saturated rings. The van der Waals surface area contributed by atoms with Crippen molar-refractivity contribution in [1.29, 1.82) is 0 Å². The van der Waals surface area contributed by atoms with Crippen molar-refractivity contribution in [3.05, 3.63) is 54.1 Å². The van der Waals surface area contributed by atoms with E-state index in [2.05, 4.69) is 51.7 Å². The Balaban J connectivity index is 1.44. The molecule has 0 radical (unpaired) electrons. The van der Waals surface area contributed by atoms with Gasteiger partial charge in [0.15, 0.2) is 0 Å². The molecule has 7 heteroatoms. The quantitative estimate of drug-likeness (QED) is 0.684. The molecule has 30 heavy (non-hydrogen) atoms. The average Bonchev–Trinajstić information content (AvgIpc) is 2.76. The number of nitrogens with one attached hydrogen (secondary N) is 2. The maximum atomic E-state index is 12.2. The van der Waals surface area contributed by atoms with E-state index in [1.54, 1.807) is 18.2 Å². The van der Waals surface area contributed by atoms with Gasteiger partial charge >= 0.3 is 11.8 Å². The van der Waals surface area contributed by atoms with E-state index in [0.29, 0.717) is 31.0 Å². The van der Waals surface area contributed by atoms with Crippen molar-refractivity contribution in [2.75, 3.05) is 56.6 Å². The molecule has 0 spiro atoms. The third-order valence-corrected chi connectivity index (χ3v) is 5.15. The molecule has 0 atom stereocenters. The largest absolute Gasteiger partial charge is 0.492 e. The fraction of sp³-hybridized carbons (Fsp3) is 0.391. The highest BCUT2D eigenvalue weighted by Gasteiger charge is 2.16. The molecule has 7 nitrogen and oxygen atoms in total. The topological polar surface area (TPSA) is 73.9 Å². The number of hydrogen-bond acceptors (Lipinski definition) is 5. The SMILES string of the molecule is CCOc1ccccc1NC(=O)C(=O)NCCc1ccc(N2CCN(C)CC2)cc1. The van der Waals surface area contributed by atoms with Crippen LogP contribution < -0.4 is 20.3 Å². The summed E-state index contributed by atoms with van der Waals surface area (Å²) in [4.78, 5) is 29.0. The monoisotopic (exact) mass is 410 g/mol. The first-order valence-corrected chi connectivity index (χ1v) is 10.4. The van der Waals surface area contributed by atoms with Gasteiger partial charge in [-0.15, -0.1) is 0 Å². The molecule has 0 aromatic heterocycles. The molecule has 1 aliphatic heterocycles. The summed E-state index contributed by atoms with van der Waals surface area (Å²) in [7, 11) is 2.15. The lowest BCUT2D eigenvalue weighted by atomic mass is 10.1. The molecule has 2 aromatic rings. The van der Waals surface area contributed by atoms with E-state index < -0.39 is 11.8 Å². The van der Waals surface area contributed by atoms with Crippen LogP contribution in [0.2, 0.25) is 0 Å². The molecule has 3 rings (SSSR count). The van der Waals surface area contributed by atoms with Crippen molar-refractivity contribution in [3.8, 4) is 5.75 Å². The molecule has 1 saturated heterocycles. The summed E-state index contributed by atoms with van der Waals surface area (Å²) < 4.78 is 5.46. The number of rotatable bonds is 7. The second-order valence-corrected chi connectivity index (χ2v) is 7.35. The normalized spacial score (nSPS) is 14.3. The molecule has 2 aromatic carbocycles. The maximum absolute atomic E-state index is 12.2. The number of likely N-dealkylation sites (N-methyl/N-ethyl adjacent to an activating group) is 1. The predicted octanol–water partition coefficient (Wildman–Crippen LogP) is 2.13. The molecule has 0 bridgehead atoms. The average molecular weight is 411 g/mol. The molecule has 160 valence electrons. The molecular formula is C23H30N4O3. The van der Waals surface area contributed by atoms with Crippen molar-refractivity contribution in [2.24, 2.45) is 0 Å². The molecule has 1 heterocycles. The Hall–Kier alpha value is -3.06. The number of carbonyl (C=O) groups excluding carboxylic acids is 2. The van der Waals surface area contributed by atoms with Crippen molar-refractivity contribution >= 4 is 23.2 Å². The van der Waals surface area contributed by atoms with Gasteiger partial charge in [0.25, 0.3) is 0 Å². The van der Waals surface area contributed by atoms with Crippen molar-refractivity contribution in [1.82, 2.24) is 10.2 Å². The maximum Gasteiger partial charge on any atom is 0.313 e. The number of benzene rings is 2. The first-order valence-electron chi connectivity index (χ1n) is 10.4. The van der Waals surface area contributed by atoms with Crippen molar-refractivity contribution < 1.29 is 14.3 Å². The number of ether oxygens (including phenoxy) is 1. The predicted molar refractivity (Wildman–Crippen MR) is 119 cm³/mol. The van der Waals surface area contributed by atoms with Crippen molar-refractivity contribution in [3.63, 3.8) is 0 Å². The highest BCUT2D eigenvalue weighted by molar-refractivity contribution is 6.39. The first kappa shape index (κ1) is 21.6. The zero-order valence-corrected chi connectivity index (χ0v) is 17.7. The van der Waals surface area contributed by atoms with Gasteiger partial charge in [-0.05, 0) is 50.2 Å². The fourth-order valence-corrected chi connectivity index (χ4v) is 3.37. The van der Waals surface area contributed by atoms with Gasteiger partial charge in [0.1, 0.15) is 5.75 Å². The first-order chi connectivity index (χ1) is 14.6. The fourth-order valence-electron chi connectivity index (χ4n) is 3.37. The van der Waals surface area contributed by atoms with Crippen LogP contribution in [-0.4, -0.2) is 63.1 Å². The van der Waals surface area contributed by atoms with Gasteiger partial charge in [0.2, 0.25) is 0 Å². The summed E-state index contributed by atoms with van der Waals surface area (Å²) in [5.74, 6) is -0.815. The van der Waals surface area contributed by atoms with Gasteiger partial charge in [-0.3, -0.25) is 9.59 Å². The summed E-state index contributed by atoms with van der Waals surface area (Å²) in [6.07, 6.45) is 0.664. The standard InChI is InChI=1S/C23H30N4O3/c1-3-30-21-7-5-4-6-20(21)25-23(29)22(28)24-13-12-18-8-10-19(11-9-18)27-16-14-26(2)15-17-27/h4-11H,3,12-17H2,1-2H3,(H,24,28)(H,25,29). The summed E-state index contributed by atoms with van der Waals surface area (Å²) in [5.41, 5.74) is 2.83. The minimum absolute atomic E-state index is 0.396. The van der Waals surface area contributed by atoms with E-state index in [4.69, 9.17) is 4.74 Å². The minimum Gasteiger partial charge on any atom is -0.492 e. The number of piperazine rings is 1. The lowest BCUT2D eigenvalue weighted by Gasteiger charge is -2.34. The van der Waals surface area contributed by atoms with E-state index >= 15 is 0 Å². The van der Waals surface area contributed by atoms with Gasteiger partial charge in [0.05, 0.1) is 12.3 Å². The second-order valence-electron chi connectivity index (χ2n) is 7.35. The summed E-state index contributed by atoms with van der Waals surface area (Å²) in [5, 5.41) is 5.28. The number of carbonyl (C=O) groups is 2. The van der Waals surface area contributed by atoms with E-state index in [1.165, 1.54) is 5.69 Å². The molecule has 1 aliphatic rings. The summed E-state index contributed by atoms with van der Waals surface area (Å²) in [6, 6.07) is 15.5. The third kappa shape index (κ3) is 5.97. The Morgan fingerprint density at radius 2 is 1.67 bits per heavy atom. The Morgan fingerprint density at radius 1 is 0.967 bits per heavy atom. The van der Waals surface area contributed by atoms with Crippen LogP contribution in [-0.2, 0) is 16.0 Å². The Labute approximate surface area is 178 Å². The van der Waals surface area contributed by atoms with E-state index in [-0.39, 0.29) is 0 Å². The van der Waals surface area contributed by atoms with Gasteiger partial charge < -0.3 is 25.2 Å². The van der Waals surface area contributed by atoms with Crippen LogP contribution in [0.3, 0.4) is 0 Å². The van der Waals surface area contributed by atoms with Crippen LogP contribution in [0.25, 0.3) is 0 Å². The van der Waals surface area contributed by atoms with Gasteiger partial charge in [-0.1, -0.05) is 24.3 Å². The molecular weight excluding hydrogens is 380 g/mol. The number of hydrogen-bond donors (Lipinski definition) is 2.